The molecule has 3 rings (SSSR count). The molecule has 1 aromatic rings. The van der Waals surface area contributed by atoms with Gasteiger partial charge in [0.15, 0.2) is 5.72 Å². The maximum absolute atomic E-state index is 13.0. The van der Waals surface area contributed by atoms with Crippen molar-refractivity contribution in [2.75, 3.05) is 5.32 Å². The highest BCUT2D eigenvalue weighted by molar-refractivity contribution is 5.88. The lowest BCUT2D eigenvalue weighted by molar-refractivity contribution is -0.125. The van der Waals surface area contributed by atoms with Crippen LogP contribution in [-0.2, 0) is 9.59 Å². The largest absolute Gasteiger partial charge is 0.389 e. The molecule has 0 saturated carbocycles. The number of hydrogen-bond donors (Lipinski definition) is 6. The van der Waals surface area contributed by atoms with Gasteiger partial charge >= 0.3 is 0 Å². The third-order valence-electron chi connectivity index (χ3n) is 5.57. The Morgan fingerprint density at radius 1 is 1.14 bits per heavy atom. The van der Waals surface area contributed by atoms with E-state index in [4.69, 9.17) is 0 Å². The zero-order chi connectivity index (χ0) is 21.3. The number of anilines is 1. The van der Waals surface area contributed by atoms with Crippen LogP contribution in [0.4, 0.5) is 5.69 Å². The van der Waals surface area contributed by atoms with Gasteiger partial charge < -0.3 is 31.1 Å². The zero-order valence-electron chi connectivity index (χ0n) is 16.8. The van der Waals surface area contributed by atoms with E-state index in [0.29, 0.717) is 24.2 Å². The van der Waals surface area contributed by atoms with Crippen molar-refractivity contribution in [3.63, 3.8) is 0 Å². The molecule has 29 heavy (non-hydrogen) atoms. The lowest BCUT2D eigenvalue weighted by atomic mass is 9.81. The monoisotopic (exact) mass is 404 g/mol. The molecule has 3 heterocycles. The molecule has 2 aliphatic rings. The van der Waals surface area contributed by atoms with Gasteiger partial charge in [0.25, 0.3) is 5.56 Å². The number of fused-ring (bicyclic) bond motifs is 4. The Labute approximate surface area is 168 Å². The maximum Gasteiger partial charge on any atom is 0.254 e. The molecule has 0 aliphatic carbocycles. The van der Waals surface area contributed by atoms with E-state index >= 15 is 0 Å². The molecule has 1 aromatic heterocycles. The number of amides is 2. The number of carbonyl (C=O) groups excluding carboxylic acids is 2. The van der Waals surface area contributed by atoms with Crippen LogP contribution in [0.25, 0.3) is 0 Å². The van der Waals surface area contributed by atoms with Gasteiger partial charge in [0, 0.05) is 29.9 Å². The van der Waals surface area contributed by atoms with Crippen LogP contribution in [0.3, 0.4) is 0 Å². The molecule has 2 aliphatic heterocycles. The predicted molar refractivity (Wildman–Crippen MR) is 107 cm³/mol. The van der Waals surface area contributed by atoms with Crippen molar-refractivity contribution in [2.24, 2.45) is 0 Å². The van der Waals surface area contributed by atoms with Crippen molar-refractivity contribution in [1.29, 1.82) is 0 Å². The fourth-order valence-electron chi connectivity index (χ4n) is 3.87. The molecule has 0 unspecified atom stereocenters. The molecule has 0 fully saturated rings. The number of aliphatic hydroxyl groups is 2. The number of H-pyrrole nitrogens is 1. The maximum atomic E-state index is 13.0. The summed E-state index contributed by atoms with van der Waals surface area (Å²) >= 11 is 0. The summed E-state index contributed by atoms with van der Waals surface area (Å²) in [5, 5.41) is 29.8. The standard InChI is InChI=1S/C20H28N4O5/c1-10-4-5-13(25)6-7-16(26)23-12(3)20(29)9-14(18(27)21-10)17-15(24-20)8-11(2)22-19(17)28/h6-8,10,12-14,24-25,29H,4-5,9H2,1-3H3,(H,21,27)(H,22,28)(H,23,26)/b7-6+/t10-,12-,13-,14-,20+/m0/s1. The number of aromatic nitrogens is 1. The average molecular weight is 404 g/mol. The molecule has 0 aromatic carbocycles. The van der Waals surface area contributed by atoms with E-state index in [1.165, 1.54) is 12.2 Å². The number of carbonyl (C=O) groups is 2. The molecular formula is C20H28N4O5. The molecule has 2 amide bonds. The summed E-state index contributed by atoms with van der Waals surface area (Å²) < 4.78 is 0. The van der Waals surface area contributed by atoms with Crippen LogP contribution in [0, 0.1) is 6.92 Å². The summed E-state index contributed by atoms with van der Waals surface area (Å²) in [4.78, 5) is 40.5. The molecule has 2 bridgehead atoms. The summed E-state index contributed by atoms with van der Waals surface area (Å²) in [7, 11) is 0. The Bertz CT molecular complexity index is 895. The van der Waals surface area contributed by atoms with Gasteiger partial charge in [-0.2, -0.15) is 0 Å². The average Bonchev–Trinajstić information content (AvgIpc) is 2.62. The summed E-state index contributed by atoms with van der Waals surface area (Å²) in [6, 6.07) is 0.634. The number of pyridine rings is 1. The number of aliphatic hydroxyl groups excluding tert-OH is 1. The van der Waals surface area contributed by atoms with E-state index in [-0.39, 0.29) is 23.9 Å². The number of nitrogens with one attached hydrogen (secondary N) is 4. The van der Waals surface area contributed by atoms with Gasteiger partial charge in [-0.25, -0.2) is 0 Å². The second-order valence-electron chi connectivity index (χ2n) is 8.06. The minimum absolute atomic E-state index is 0.0848. The molecule has 0 saturated heterocycles. The van der Waals surface area contributed by atoms with Gasteiger partial charge in [-0.05, 0) is 39.7 Å². The van der Waals surface area contributed by atoms with Gasteiger partial charge in [0.05, 0.1) is 23.6 Å². The van der Waals surface area contributed by atoms with Crippen LogP contribution in [0.5, 0.6) is 0 Å². The van der Waals surface area contributed by atoms with E-state index in [1.807, 2.05) is 6.92 Å². The van der Waals surface area contributed by atoms with Crippen molar-refractivity contribution in [3.05, 3.63) is 39.8 Å². The third-order valence-corrected chi connectivity index (χ3v) is 5.57. The summed E-state index contributed by atoms with van der Waals surface area (Å²) in [6.45, 7) is 5.13. The Hall–Kier alpha value is -2.65. The lowest BCUT2D eigenvalue weighted by Gasteiger charge is -2.42. The molecule has 158 valence electrons. The molecule has 9 heteroatoms. The highest BCUT2D eigenvalue weighted by Gasteiger charge is 2.45. The molecule has 6 N–H and O–H groups in total. The second kappa shape index (κ2) is 8.00. The second-order valence-corrected chi connectivity index (χ2v) is 8.06. The summed E-state index contributed by atoms with van der Waals surface area (Å²) in [6.07, 6.45) is 2.57. The zero-order valence-corrected chi connectivity index (χ0v) is 16.8. The van der Waals surface area contributed by atoms with Crippen molar-refractivity contribution in [1.82, 2.24) is 15.6 Å². The Balaban J connectivity index is 2.06. The van der Waals surface area contributed by atoms with Crippen LogP contribution in [-0.4, -0.2) is 50.9 Å². The summed E-state index contributed by atoms with van der Waals surface area (Å²) in [5.74, 6) is -1.75. The first-order chi connectivity index (χ1) is 13.6. The first-order valence-corrected chi connectivity index (χ1v) is 9.80. The van der Waals surface area contributed by atoms with Gasteiger partial charge in [-0.1, -0.05) is 6.08 Å². The van der Waals surface area contributed by atoms with Crippen molar-refractivity contribution >= 4 is 17.5 Å². The Morgan fingerprint density at radius 2 is 1.86 bits per heavy atom. The predicted octanol–water partition coefficient (Wildman–Crippen LogP) is -0.00858. The summed E-state index contributed by atoms with van der Waals surface area (Å²) in [5.41, 5.74) is -0.827. The number of hydrogen-bond acceptors (Lipinski definition) is 6. The number of aromatic amines is 1. The first kappa shape index (κ1) is 21.1. The van der Waals surface area contributed by atoms with Crippen LogP contribution in [0.2, 0.25) is 0 Å². The van der Waals surface area contributed by atoms with Crippen molar-refractivity contribution in [3.8, 4) is 0 Å². The van der Waals surface area contributed by atoms with E-state index < -0.39 is 35.3 Å². The topological polar surface area (TPSA) is 144 Å². The number of aryl methyl sites for hydroxylation is 1. The molecular weight excluding hydrogens is 376 g/mol. The minimum atomic E-state index is -1.65. The minimum Gasteiger partial charge on any atom is -0.389 e. The van der Waals surface area contributed by atoms with Crippen molar-refractivity contribution in [2.45, 2.75) is 69.9 Å². The van der Waals surface area contributed by atoms with E-state index in [2.05, 4.69) is 20.9 Å². The van der Waals surface area contributed by atoms with Crippen LogP contribution in [0.15, 0.2) is 23.0 Å². The smallest absolute Gasteiger partial charge is 0.254 e. The van der Waals surface area contributed by atoms with E-state index in [1.54, 1.807) is 19.9 Å². The third kappa shape index (κ3) is 4.51. The van der Waals surface area contributed by atoms with Gasteiger partial charge in [-0.3, -0.25) is 14.4 Å². The molecule has 5 atom stereocenters. The fraction of sp³-hybridized carbons (Fsp3) is 0.550. The van der Waals surface area contributed by atoms with Gasteiger partial charge in [0.2, 0.25) is 11.8 Å². The molecule has 0 spiro atoms. The highest BCUT2D eigenvalue weighted by atomic mass is 16.3. The fourth-order valence-corrected chi connectivity index (χ4v) is 3.87. The molecule has 0 radical (unpaired) electrons. The SMILES string of the molecule is Cc1cc2c(c(=O)[nH]1)[C@@H]1C[C@](O)(N2)[C@H](C)NC(=O)/C=C/[C@@H](O)CC[C@H](C)NC1=O. The quantitative estimate of drug-likeness (QED) is 0.359. The van der Waals surface area contributed by atoms with E-state index in [9.17, 15) is 24.6 Å². The van der Waals surface area contributed by atoms with Gasteiger partial charge in [0.1, 0.15) is 0 Å². The number of rotatable bonds is 0. The Morgan fingerprint density at radius 3 is 2.59 bits per heavy atom. The molecule has 9 nitrogen and oxygen atoms in total. The van der Waals surface area contributed by atoms with Gasteiger partial charge in [-0.15, -0.1) is 0 Å². The highest BCUT2D eigenvalue weighted by Crippen LogP contribution is 2.38. The first-order valence-electron chi connectivity index (χ1n) is 9.80. The normalized spacial score (nSPS) is 34.1. The lowest BCUT2D eigenvalue weighted by Crippen LogP contribution is -2.59. The van der Waals surface area contributed by atoms with Crippen LogP contribution in [0.1, 0.15) is 50.3 Å². The van der Waals surface area contributed by atoms with E-state index in [0.717, 1.165) is 0 Å². The van der Waals surface area contributed by atoms with Crippen LogP contribution < -0.4 is 21.5 Å². The Kier molecular flexibility index (Phi) is 5.81. The van der Waals surface area contributed by atoms with Crippen LogP contribution >= 0.6 is 0 Å². The van der Waals surface area contributed by atoms with Crippen molar-refractivity contribution < 1.29 is 19.8 Å².